The van der Waals surface area contributed by atoms with Crippen molar-refractivity contribution in [2.24, 2.45) is 0 Å². The van der Waals surface area contributed by atoms with Crippen LogP contribution in [0.1, 0.15) is 56.0 Å². The molecule has 0 aliphatic carbocycles. The van der Waals surface area contributed by atoms with E-state index < -0.39 is 5.60 Å². The van der Waals surface area contributed by atoms with Crippen molar-refractivity contribution in [1.82, 2.24) is 10.2 Å². The van der Waals surface area contributed by atoms with Crippen LogP contribution in [0, 0.1) is 0 Å². The number of carbonyl (C=O) groups is 1. The molecule has 0 aromatic heterocycles. The Morgan fingerprint density at radius 2 is 1.79 bits per heavy atom. The topological polar surface area (TPSA) is 41.6 Å². The quantitative estimate of drug-likeness (QED) is 0.804. The third kappa shape index (κ3) is 5.14. The van der Waals surface area contributed by atoms with Crippen molar-refractivity contribution in [2.75, 3.05) is 13.1 Å². The third-order valence-electron chi connectivity index (χ3n) is 5.21. The number of amides is 1. The second-order valence-electron chi connectivity index (χ2n) is 8.44. The van der Waals surface area contributed by atoms with E-state index in [0.717, 1.165) is 25.9 Å². The molecule has 2 aromatic carbocycles. The highest BCUT2D eigenvalue weighted by molar-refractivity contribution is 5.67. The number of rotatable bonds is 5. The monoisotopic (exact) mass is 380 g/mol. The van der Waals surface area contributed by atoms with Crippen molar-refractivity contribution in [3.8, 4) is 0 Å². The third-order valence-corrected chi connectivity index (χ3v) is 5.21. The van der Waals surface area contributed by atoms with Crippen molar-refractivity contribution in [3.63, 3.8) is 0 Å². The lowest BCUT2D eigenvalue weighted by atomic mass is 9.87. The lowest BCUT2D eigenvalue weighted by molar-refractivity contribution is 0.0515. The van der Waals surface area contributed by atoms with E-state index in [1.54, 1.807) is 0 Å². The molecule has 150 valence electrons. The molecule has 4 nitrogen and oxygen atoms in total. The van der Waals surface area contributed by atoms with Crippen LogP contribution in [0.4, 0.5) is 4.79 Å². The number of carbonyl (C=O) groups excluding carboxylic acids is 1. The van der Waals surface area contributed by atoms with E-state index in [1.807, 2.05) is 20.8 Å². The fourth-order valence-corrected chi connectivity index (χ4v) is 3.92. The summed E-state index contributed by atoms with van der Waals surface area (Å²) in [5.41, 5.74) is 5.13. The summed E-state index contributed by atoms with van der Waals surface area (Å²) in [5.74, 6) is 0. The molecule has 0 spiro atoms. The number of nitrogens with one attached hydrogen (secondary N) is 1. The summed E-state index contributed by atoms with van der Waals surface area (Å²) in [5, 5.41) is 2.91. The number of alkyl carbamates (subject to hydrolysis) is 1. The van der Waals surface area contributed by atoms with Crippen LogP contribution in [-0.2, 0) is 24.1 Å². The first-order valence-corrected chi connectivity index (χ1v) is 10.2. The van der Waals surface area contributed by atoms with Crippen molar-refractivity contribution in [3.05, 3.63) is 70.8 Å². The van der Waals surface area contributed by atoms with E-state index in [4.69, 9.17) is 4.74 Å². The van der Waals surface area contributed by atoms with Crippen molar-refractivity contribution >= 4 is 6.09 Å². The van der Waals surface area contributed by atoms with Gasteiger partial charge in [0.2, 0.25) is 0 Å². The van der Waals surface area contributed by atoms with Crippen molar-refractivity contribution < 1.29 is 9.53 Å². The number of nitrogens with zero attached hydrogens (tertiary/aromatic N) is 1. The minimum absolute atomic E-state index is 0.325. The molecule has 1 unspecified atom stereocenters. The molecule has 2 aromatic rings. The van der Waals surface area contributed by atoms with Gasteiger partial charge in [-0.2, -0.15) is 0 Å². The van der Waals surface area contributed by atoms with Crippen LogP contribution >= 0.6 is 0 Å². The zero-order chi connectivity index (χ0) is 20.1. The standard InChI is InChI=1S/C24H32N2O2/c1-5-18-10-8-9-13-21(18)22-16-19-11-6-7-12-20(19)17-26(22)15-14-25-23(27)28-24(2,3)4/h6-13,22H,5,14-17H2,1-4H3,(H,25,27). The predicted octanol–water partition coefficient (Wildman–Crippen LogP) is 4.87. The molecular weight excluding hydrogens is 348 g/mol. The Labute approximate surface area is 168 Å². The molecule has 1 heterocycles. The largest absolute Gasteiger partial charge is 0.444 e. The molecule has 1 aliphatic rings. The Balaban J connectivity index is 1.75. The van der Waals surface area contributed by atoms with Crippen molar-refractivity contribution in [2.45, 2.75) is 58.7 Å². The van der Waals surface area contributed by atoms with Crippen LogP contribution in [0.5, 0.6) is 0 Å². The fraction of sp³-hybridized carbons (Fsp3) is 0.458. The molecule has 1 atom stereocenters. The van der Waals surface area contributed by atoms with Gasteiger partial charge in [0.1, 0.15) is 5.60 Å². The van der Waals surface area contributed by atoms with Crippen LogP contribution in [-0.4, -0.2) is 29.7 Å². The highest BCUT2D eigenvalue weighted by Crippen LogP contribution is 2.34. The van der Waals surface area contributed by atoms with Gasteiger partial charge in [0.15, 0.2) is 0 Å². The molecule has 1 amide bonds. The second-order valence-corrected chi connectivity index (χ2v) is 8.44. The van der Waals surface area contributed by atoms with E-state index in [1.165, 1.54) is 22.3 Å². The van der Waals surface area contributed by atoms with Gasteiger partial charge >= 0.3 is 6.09 Å². The Bertz CT molecular complexity index is 810. The van der Waals surface area contributed by atoms with Gasteiger partial charge < -0.3 is 10.1 Å². The van der Waals surface area contributed by atoms with Crippen LogP contribution in [0.25, 0.3) is 0 Å². The molecule has 0 bridgehead atoms. The van der Waals surface area contributed by atoms with Gasteiger partial charge in [-0.3, -0.25) is 4.90 Å². The van der Waals surface area contributed by atoms with Gasteiger partial charge in [0, 0.05) is 25.7 Å². The van der Waals surface area contributed by atoms with E-state index in [9.17, 15) is 4.79 Å². The molecule has 1 N–H and O–H groups in total. The molecule has 0 saturated carbocycles. The lowest BCUT2D eigenvalue weighted by Gasteiger charge is -2.38. The van der Waals surface area contributed by atoms with E-state index >= 15 is 0 Å². The molecule has 3 rings (SSSR count). The summed E-state index contributed by atoms with van der Waals surface area (Å²) in [4.78, 5) is 14.5. The van der Waals surface area contributed by atoms with E-state index in [-0.39, 0.29) is 6.09 Å². The number of ether oxygens (including phenoxy) is 1. The summed E-state index contributed by atoms with van der Waals surface area (Å²) < 4.78 is 5.36. The normalized spacial score (nSPS) is 17.1. The number of fused-ring (bicyclic) bond motifs is 1. The molecule has 1 aliphatic heterocycles. The van der Waals surface area contributed by atoms with Gasteiger partial charge in [0.05, 0.1) is 0 Å². The molecule has 0 saturated heterocycles. The summed E-state index contributed by atoms with van der Waals surface area (Å²) >= 11 is 0. The second kappa shape index (κ2) is 8.78. The molecule has 0 radical (unpaired) electrons. The van der Waals surface area contributed by atoms with Crippen LogP contribution in [0.15, 0.2) is 48.5 Å². The van der Waals surface area contributed by atoms with Gasteiger partial charge in [-0.1, -0.05) is 55.5 Å². The fourth-order valence-electron chi connectivity index (χ4n) is 3.92. The van der Waals surface area contributed by atoms with Crippen LogP contribution in [0.3, 0.4) is 0 Å². The maximum Gasteiger partial charge on any atom is 0.407 e. The summed E-state index contributed by atoms with van der Waals surface area (Å²) in [6, 6.07) is 17.8. The zero-order valence-electron chi connectivity index (χ0n) is 17.5. The van der Waals surface area contributed by atoms with Gasteiger partial charge in [-0.25, -0.2) is 4.79 Å². The number of hydrogen-bond acceptors (Lipinski definition) is 3. The first kappa shape index (κ1) is 20.4. The Morgan fingerprint density at radius 3 is 2.50 bits per heavy atom. The molecule has 0 fully saturated rings. The van der Waals surface area contributed by atoms with Gasteiger partial charge in [0.25, 0.3) is 0 Å². The summed E-state index contributed by atoms with van der Waals surface area (Å²) in [6.07, 6.45) is 1.67. The van der Waals surface area contributed by atoms with Crippen LogP contribution in [0.2, 0.25) is 0 Å². The maximum atomic E-state index is 12.0. The van der Waals surface area contributed by atoms with E-state index in [0.29, 0.717) is 12.6 Å². The average molecular weight is 381 g/mol. The average Bonchev–Trinajstić information content (AvgIpc) is 2.66. The van der Waals surface area contributed by atoms with E-state index in [2.05, 4.69) is 65.7 Å². The lowest BCUT2D eigenvalue weighted by Crippen LogP contribution is -2.41. The number of hydrogen-bond donors (Lipinski definition) is 1. The predicted molar refractivity (Wildman–Crippen MR) is 113 cm³/mol. The minimum Gasteiger partial charge on any atom is -0.444 e. The smallest absolute Gasteiger partial charge is 0.407 e. The zero-order valence-corrected chi connectivity index (χ0v) is 17.5. The Hall–Kier alpha value is -2.33. The molecular formula is C24H32N2O2. The summed E-state index contributed by atoms with van der Waals surface area (Å²) in [6.45, 7) is 10.1. The number of aryl methyl sites for hydroxylation is 1. The Morgan fingerprint density at radius 1 is 1.11 bits per heavy atom. The SMILES string of the molecule is CCc1ccccc1C1Cc2ccccc2CN1CCNC(=O)OC(C)(C)C. The molecule has 4 heteroatoms. The highest BCUT2D eigenvalue weighted by atomic mass is 16.6. The minimum atomic E-state index is -0.475. The van der Waals surface area contributed by atoms with Gasteiger partial charge in [-0.15, -0.1) is 0 Å². The first-order valence-electron chi connectivity index (χ1n) is 10.2. The first-order chi connectivity index (χ1) is 13.4. The maximum absolute atomic E-state index is 12.0. The van der Waals surface area contributed by atoms with Crippen LogP contribution < -0.4 is 5.32 Å². The summed E-state index contributed by atoms with van der Waals surface area (Å²) in [7, 11) is 0. The highest BCUT2D eigenvalue weighted by Gasteiger charge is 2.28. The van der Waals surface area contributed by atoms with Gasteiger partial charge in [-0.05, 0) is 55.9 Å². The number of benzene rings is 2. The molecule has 28 heavy (non-hydrogen) atoms. The Kier molecular flexibility index (Phi) is 6.40. The van der Waals surface area contributed by atoms with Crippen molar-refractivity contribution in [1.29, 1.82) is 0 Å².